The number of benzene rings is 1. The van der Waals surface area contributed by atoms with Gasteiger partial charge in [-0.05, 0) is 87.8 Å². The fourth-order valence-electron chi connectivity index (χ4n) is 6.53. The zero-order valence-electron chi connectivity index (χ0n) is 18.6. The summed E-state index contributed by atoms with van der Waals surface area (Å²) < 4.78 is 66.9. The molecule has 1 aromatic rings. The molecule has 0 aromatic heterocycles. The van der Waals surface area contributed by atoms with Crippen LogP contribution < -0.4 is 10.5 Å². The molecule has 1 amide bonds. The van der Waals surface area contributed by atoms with E-state index in [9.17, 15) is 31.2 Å². The molecule has 0 spiro atoms. The van der Waals surface area contributed by atoms with Crippen molar-refractivity contribution in [2.45, 2.75) is 69.0 Å². The average Bonchev–Trinajstić information content (AvgIpc) is 2.68. The van der Waals surface area contributed by atoms with Gasteiger partial charge >= 0.3 is 6.18 Å². The summed E-state index contributed by atoms with van der Waals surface area (Å²) in [4.78, 5) is 24.8. The number of Topliss-reactive ketones (excluding diaryl/α,β-unsaturated/α-hetero) is 1. The Balaban J connectivity index is 1.48. The minimum atomic E-state index is -4.68. The van der Waals surface area contributed by atoms with Crippen LogP contribution in [0.4, 0.5) is 13.2 Å². The summed E-state index contributed by atoms with van der Waals surface area (Å²) in [5, 5.41) is 0. The Bertz CT molecular complexity index is 1070. The molecule has 3 N–H and O–H groups in total. The van der Waals surface area contributed by atoms with E-state index < -0.39 is 37.6 Å². The third kappa shape index (κ3) is 4.43. The van der Waals surface area contributed by atoms with Crippen molar-refractivity contribution in [3.63, 3.8) is 0 Å². The number of nitrogens with one attached hydrogen (secondary N) is 1. The zero-order valence-corrected chi connectivity index (χ0v) is 19.4. The van der Waals surface area contributed by atoms with Crippen molar-refractivity contribution in [3.05, 3.63) is 29.8 Å². The molecule has 4 aliphatic carbocycles. The van der Waals surface area contributed by atoms with Crippen LogP contribution in [0.5, 0.6) is 0 Å². The van der Waals surface area contributed by atoms with Crippen LogP contribution >= 0.6 is 0 Å². The molecule has 4 fully saturated rings. The first-order valence-corrected chi connectivity index (χ1v) is 12.7. The Morgan fingerprint density at radius 3 is 2.27 bits per heavy atom. The van der Waals surface area contributed by atoms with Crippen molar-refractivity contribution in [3.8, 4) is 0 Å². The normalized spacial score (nSPS) is 31.5. The largest absolute Gasteiger partial charge is 0.416 e. The predicted molar refractivity (Wildman–Crippen MR) is 114 cm³/mol. The molecule has 0 saturated heterocycles. The summed E-state index contributed by atoms with van der Waals surface area (Å²) in [5.41, 5.74) is 2.67. The molecule has 10 heteroatoms. The van der Waals surface area contributed by atoms with Gasteiger partial charge in [-0.25, -0.2) is 8.42 Å². The molecule has 2 atom stereocenters. The number of carbonyl (C=O) groups excluding carboxylic acids is 2. The van der Waals surface area contributed by atoms with Gasteiger partial charge in [0.15, 0.2) is 5.78 Å². The summed E-state index contributed by atoms with van der Waals surface area (Å²) in [5.74, 6) is 0.310. The van der Waals surface area contributed by atoms with Gasteiger partial charge in [-0.3, -0.25) is 9.59 Å². The summed E-state index contributed by atoms with van der Waals surface area (Å²) in [6, 6.07) is 3.44. The van der Waals surface area contributed by atoms with Crippen LogP contribution in [0, 0.1) is 29.1 Å². The minimum Gasteiger partial charge on any atom is -0.369 e. The van der Waals surface area contributed by atoms with Gasteiger partial charge in [0.05, 0.1) is 16.0 Å². The number of hydrogen-bond acceptors (Lipinski definition) is 4. The summed E-state index contributed by atoms with van der Waals surface area (Å²) in [7, 11) is -4.36. The highest BCUT2D eigenvalue weighted by Gasteiger charge is 2.58. The number of amides is 1. The van der Waals surface area contributed by atoms with E-state index in [-0.39, 0.29) is 35.9 Å². The van der Waals surface area contributed by atoms with Gasteiger partial charge in [0.1, 0.15) is 0 Å². The number of ketones is 1. The summed E-state index contributed by atoms with van der Waals surface area (Å²) in [6.45, 7) is 2.86. The number of rotatable bonds is 7. The molecule has 4 saturated carbocycles. The summed E-state index contributed by atoms with van der Waals surface area (Å²) >= 11 is 0. The van der Waals surface area contributed by atoms with E-state index in [1.807, 2.05) is 0 Å². The maximum atomic E-state index is 13.2. The van der Waals surface area contributed by atoms with Gasteiger partial charge in [-0.2, -0.15) is 17.9 Å². The topological polar surface area (TPSA) is 106 Å². The molecule has 0 aliphatic heterocycles. The predicted octanol–water partition coefficient (Wildman–Crippen LogP) is 3.65. The van der Waals surface area contributed by atoms with E-state index in [2.05, 4.69) is 4.72 Å². The Hall–Kier alpha value is -1.94. The van der Waals surface area contributed by atoms with Gasteiger partial charge in [-0.1, -0.05) is 6.07 Å². The van der Waals surface area contributed by atoms with Gasteiger partial charge in [0, 0.05) is 11.8 Å². The molecule has 0 heterocycles. The van der Waals surface area contributed by atoms with E-state index in [0.29, 0.717) is 24.8 Å². The minimum absolute atomic E-state index is 0.0545. The Labute approximate surface area is 191 Å². The van der Waals surface area contributed by atoms with Crippen LogP contribution in [0.2, 0.25) is 0 Å². The van der Waals surface area contributed by atoms with E-state index in [1.165, 1.54) is 13.8 Å². The lowest BCUT2D eigenvalue weighted by atomic mass is 9.45. The zero-order chi connectivity index (χ0) is 24.4. The van der Waals surface area contributed by atoms with Gasteiger partial charge < -0.3 is 5.73 Å². The molecule has 4 aliphatic rings. The van der Waals surface area contributed by atoms with Crippen LogP contribution in [-0.2, 0) is 25.8 Å². The molecule has 6 nitrogen and oxygen atoms in total. The third-order valence-electron chi connectivity index (χ3n) is 7.97. The fraction of sp³-hybridized carbons (Fsp3) is 0.652. The standard InChI is InChI=1S/C23H29F3N2O4S/c1-21(2,28-33(31,32)17-5-3-4-16(8-17)23(24,25)26)19(29)9-18-14-6-13-7-15(18)12-22(10-13,11-14)20(27)30/h3-5,8,13-15,18,28H,6-7,9-12H2,1-2H3,(H2,27,30). The van der Waals surface area contributed by atoms with Crippen LogP contribution in [0.3, 0.4) is 0 Å². The number of hydrogen-bond donors (Lipinski definition) is 2. The first kappa shape index (κ1) is 24.2. The van der Waals surface area contributed by atoms with Gasteiger partial charge in [0.25, 0.3) is 0 Å². The maximum Gasteiger partial charge on any atom is 0.416 e. The van der Waals surface area contributed by atoms with Crippen molar-refractivity contribution >= 4 is 21.7 Å². The highest BCUT2D eigenvalue weighted by atomic mass is 32.2. The second kappa shape index (κ2) is 7.80. The smallest absolute Gasteiger partial charge is 0.369 e. The van der Waals surface area contributed by atoms with Crippen LogP contribution in [-0.4, -0.2) is 25.6 Å². The fourth-order valence-corrected chi connectivity index (χ4v) is 7.97. The lowest BCUT2D eigenvalue weighted by molar-refractivity contribution is -0.152. The van der Waals surface area contributed by atoms with Crippen LogP contribution in [0.25, 0.3) is 0 Å². The second-order valence-corrected chi connectivity index (χ2v) is 12.3. The Kier molecular flexibility index (Phi) is 5.72. The number of sulfonamides is 1. The summed E-state index contributed by atoms with van der Waals surface area (Å²) in [6.07, 6.45) is -0.473. The highest BCUT2D eigenvalue weighted by molar-refractivity contribution is 7.89. The first-order valence-electron chi connectivity index (χ1n) is 11.2. The molecule has 33 heavy (non-hydrogen) atoms. The number of alkyl halides is 3. The number of primary amides is 1. The van der Waals surface area contributed by atoms with E-state index >= 15 is 0 Å². The monoisotopic (exact) mass is 486 g/mol. The van der Waals surface area contributed by atoms with Crippen molar-refractivity contribution in [2.75, 3.05) is 0 Å². The van der Waals surface area contributed by atoms with E-state index in [4.69, 9.17) is 5.73 Å². The molecule has 2 unspecified atom stereocenters. The lowest BCUT2D eigenvalue weighted by Gasteiger charge is -2.59. The van der Waals surface area contributed by atoms with Crippen LogP contribution in [0.1, 0.15) is 57.9 Å². The van der Waals surface area contributed by atoms with Gasteiger partial charge in [0.2, 0.25) is 15.9 Å². The SMILES string of the molecule is CC(C)(NS(=O)(=O)c1cccc(C(F)(F)F)c1)C(=O)CC1C2CC3CC1CC(C(N)=O)(C3)C2. The quantitative estimate of drug-likeness (QED) is 0.614. The van der Waals surface area contributed by atoms with Crippen LogP contribution in [0.15, 0.2) is 29.2 Å². The molecule has 0 radical (unpaired) electrons. The third-order valence-corrected chi connectivity index (χ3v) is 9.62. The highest BCUT2D eigenvalue weighted by Crippen LogP contribution is 2.62. The second-order valence-electron chi connectivity index (χ2n) is 10.7. The molecule has 4 bridgehead atoms. The van der Waals surface area contributed by atoms with Crippen molar-refractivity contribution < 1.29 is 31.2 Å². The average molecular weight is 487 g/mol. The molecule has 1 aromatic carbocycles. The van der Waals surface area contributed by atoms with Gasteiger partial charge in [-0.15, -0.1) is 0 Å². The Morgan fingerprint density at radius 1 is 1.12 bits per heavy atom. The van der Waals surface area contributed by atoms with Crippen molar-refractivity contribution in [2.24, 2.45) is 34.8 Å². The molecular weight excluding hydrogens is 457 g/mol. The number of carbonyl (C=O) groups is 2. The maximum absolute atomic E-state index is 13.2. The van der Waals surface area contributed by atoms with E-state index in [0.717, 1.165) is 37.5 Å². The van der Waals surface area contributed by atoms with E-state index in [1.54, 1.807) is 0 Å². The lowest BCUT2D eigenvalue weighted by Crippen LogP contribution is -2.57. The molecule has 182 valence electrons. The molecular formula is C23H29F3N2O4S. The molecule has 5 rings (SSSR count). The van der Waals surface area contributed by atoms with Crippen molar-refractivity contribution in [1.29, 1.82) is 0 Å². The van der Waals surface area contributed by atoms with Crippen molar-refractivity contribution in [1.82, 2.24) is 4.72 Å². The number of nitrogens with two attached hydrogens (primary N) is 1. The Morgan fingerprint density at radius 2 is 1.73 bits per heavy atom. The number of halogens is 3. The first-order chi connectivity index (χ1) is 15.1.